The summed E-state index contributed by atoms with van der Waals surface area (Å²) in [4.78, 5) is 2.40. The van der Waals surface area contributed by atoms with Gasteiger partial charge in [0.25, 0.3) is 0 Å². The van der Waals surface area contributed by atoms with Gasteiger partial charge in [-0.3, -0.25) is 4.90 Å². The average molecular weight is 301 g/mol. The van der Waals surface area contributed by atoms with E-state index >= 15 is 0 Å². The molecule has 0 N–H and O–H groups in total. The maximum atomic E-state index is 5.50. The Kier molecular flexibility index (Phi) is 4.22. The second kappa shape index (κ2) is 6.14. The maximum Gasteiger partial charge on any atom is 0.173 e. The zero-order chi connectivity index (χ0) is 15.6. The Hall–Kier alpha value is -1.79. The minimum absolute atomic E-state index is 0.0549. The molecule has 22 heavy (non-hydrogen) atoms. The number of benzene rings is 1. The lowest BCUT2D eigenvalue weighted by atomic mass is 10.0. The summed E-state index contributed by atoms with van der Waals surface area (Å²) in [6.07, 6.45) is 0. The molecule has 2 aromatic rings. The van der Waals surface area contributed by atoms with Crippen molar-refractivity contribution in [3.63, 3.8) is 0 Å². The summed E-state index contributed by atoms with van der Waals surface area (Å²) in [5.41, 5.74) is 1.06. The molecule has 3 rings (SSSR count). The zero-order valence-corrected chi connectivity index (χ0v) is 13.4. The summed E-state index contributed by atoms with van der Waals surface area (Å²) in [6.45, 7) is 9.63. The third-order valence-electron chi connectivity index (χ3n) is 3.90. The number of hydrogen-bond acceptors (Lipinski definition) is 5. The first-order valence-electron chi connectivity index (χ1n) is 7.73. The van der Waals surface area contributed by atoms with E-state index in [-0.39, 0.29) is 11.6 Å². The number of ether oxygens (including phenoxy) is 1. The van der Waals surface area contributed by atoms with Gasteiger partial charge in [0.05, 0.1) is 24.8 Å². The van der Waals surface area contributed by atoms with Crippen LogP contribution >= 0.6 is 0 Å². The Morgan fingerprint density at radius 3 is 2.41 bits per heavy atom. The molecule has 1 aliphatic heterocycles. The predicted molar refractivity (Wildman–Crippen MR) is 83.5 cm³/mol. The van der Waals surface area contributed by atoms with Crippen molar-refractivity contribution in [2.45, 2.75) is 32.4 Å². The summed E-state index contributed by atoms with van der Waals surface area (Å²) < 4.78 is 7.43. The van der Waals surface area contributed by atoms with Crippen LogP contribution in [0.25, 0.3) is 0 Å². The van der Waals surface area contributed by atoms with Gasteiger partial charge in [0.15, 0.2) is 5.82 Å². The van der Waals surface area contributed by atoms with E-state index in [9.17, 15) is 0 Å². The van der Waals surface area contributed by atoms with E-state index < -0.39 is 0 Å². The van der Waals surface area contributed by atoms with Crippen LogP contribution in [0.5, 0.6) is 0 Å². The van der Waals surface area contributed by atoms with Gasteiger partial charge in [-0.15, -0.1) is 5.10 Å². The van der Waals surface area contributed by atoms with Crippen molar-refractivity contribution < 1.29 is 4.74 Å². The van der Waals surface area contributed by atoms with E-state index in [2.05, 4.69) is 65.5 Å². The fourth-order valence-corrected chi connectivity index (χ4v) is 2.84. The highest BCUT2D eigenvalue weighted by Crippen LogP contribution is 2.29. The zero-order valence-electron chi connectivity index (χ0n) is 13.4. The number of nitrogens with zero attached hydrogens (tertiary/aromatic N) is 5. The van der Waals surface area contributed by atoms with Gasteiger partial charge in [-0.2, -0.15) is 0 Å². The van der Waals surface area contributed by atoms with E-state index in [4.69, 9.17) is 4.74 Å². The molecule has 1 aliphatic rings. The monoisotopic (exact) mass is 301 g/mol. The number of hydrogen-bond donors (Lipinski definition) is 0. The molecule has 0 saturated carbocycles. The molecule has 1 aromatic heterocycles. The molecular weight excluding hydrogens is 278 g/mol. The van der Waals surface area contributed by atoms with Crippen LogP contribution in [0.4, 0.5) is 0 Å². The number of tetrazole rings is 1. The lowest BCUT2D eigenvalue weighted by molar-refractivity contribution is 0.0208. The first-order valence-corrected chi connectivity index (χ1v) is 7.73. The van der Waals surface area contributed by atoms with Gasteiger partial charge in [0.2, 0.25) is 0 Å². The van der Waals surface area contributed by atoms with Crippen LogP contribution in [0, 0.1) is 0 Å². The highest BCUT2D eigenvalue weighted by Gasteiger charge is 2.31. The van der Waals surface area contributed by atoms with Crippen LogP contribution in [-0.4, -0.2) is 51.4 Å². The standard InChI is InChI=1S/C16H23N5O/c1-16(2,3)21-15(17-18-19-21)14(13-7-5-4-6-8-13)20-9-11-22-12-10-20/h4-8,14H,9-12H2,1-3H3. The van der Waals surface area contributed by atoms with Crippen molar-refractivity contribution >= 4 is 0 Å². The molecule has 6 heteroatoms. The largest absolute Gasteiger partial charge is 0.379 e. The molecule has 118 valence electrons. The predicted octanol–water partition coefficient (Wildman–Crippen LogP) is 1.85. The van der Waals surface area contributed by atoms with E-state index in [1.165, 1.54) is 5.56 Å². The highest BCUT2D eigenvalue weighted by atomic mass is 16.5. The molecule has 2 heterocycles. The van der Waals surface area contributed by atoms with Crippen LogP contribution in [0.1, 0.15) is 38.2 Å². The van der Waals surface area contributed by atoms with Crippen molar-refractivity contribution in [1.82, 2.24) is 25.1 Å². The normalized spacial score (nSPS) is 18.3. The SMILES string of the molecule is CC(C)(C)n1nnnc1C(c1ccccc1)N1CCOCC1. The Balaban J connectivity index is 2.04. The fraction of sp³-hybridized carbons (Fsp3) is 0.562. The second-order valence-corrected chi connectivity index (χ2v) is 6.58. The Morgan fingerprint density at radius 2 is 1.77 bits per heavy atom. The van der Waals surface area contributed by atoms with Gasteiger partial charge in [0.1, 0.15) is 0 Å². The lowest BCUT2D eigenvalue weighted by Crippen LogP contribution is -2.41. The molecule has 1 saturated heterocycles. The number of aromatic nitrogens is 4. The maximum absolute atomic E-state index is 5.50. The van der Waals surface area contributed by atoms with E-state index in [1.807, 2.05) is 10.7 Å². The van der Waals surface area contributed by atoms with Crippen LogP contribution < -0.4 is 0 Å². The van der Waals surface area contributed by atoms with E-state index in [1.54, 1.807) is 0 Å². The summed E-state index contributed by atoms with van der Waals surface area (Å²) in [5, 5.41) is 12.5. The third kappa shape index (κ3) is 3.03. The van der Waals surface area contributed by atoms with Crippen molar-refractivity contribution in [3.8, 4) is 0 Å². The first kappa shape index (κ1) is 15.1. The van der Waals surface area contributed by atoms with Gasteiger partial charge in [0, 0.05) is 13.1 Å². The summed E-state index contributed by atoms with van der Waals surface area (Å²) in [5.74, 6) is 0.889. The molecular formula is C16H23N5O. The van der Waals surface area contributed by atoms with Crippen molar-refractivity contribution in [3.05, 3.63) is 41.7 Å². The van der Waals surface area contributed by atoms with Gasteiger partial charge in [-0.1, -0.05) is 30.3 Å². The molecule has 1 atom stereocenters. The Labute approximate surface area is 131 Å². The van der Waals surface area contributed by atoms with Crippen molar-refractivity contribution in [2.24, 2.45) is 0 Å². The molecule has 1 fully saturated rings. The smallest absolute Gasteiger partial charge is 0.173 e. The van der Waals surface area contributed by atoms with Crippen molar-refractivity contribution in [2.75, 3.05) is 26.3 Å². The van der Waals surface area contributed by atoms with Crippen LogP contribution in [0.3, 0.4) is 0 Å². The number of morpholine rings is 1. The number of rotatable bonds is 3. The second-order valence-electron chi connectivity index (χ2n) is 6.58. The van der Waals surface area contributed by atoms with Gasteiger partial charge < -0.3 is 4.74 Å². The quantitative estimate of drug-likeness (QED) is 0.866. The van der Waals surface area contributed by atoms with E-state index in [0.717, 1.165) is 32.1 Å². The average Bonchev–Trinajstić information content (AvgIpc) is 2.99. The minimum atomic E-state index is -0.155. The molecule has 1 unspecified atom stereocenters. The van der Waals surface area contributed by atoms with Gasteiger partial charge in [-0.05, 0) is 36.8 Å². The first-order chi connectivity index (χ1) is 10.6. The molecule has 1 aromatic carbocycles. The van der Waals surface area contributed by atoms with Gasteiger partial charge in [-0.25, -0.2) is 4.68 Å². The fourth-order valence-electron chi connectivity index (χ4n) is 2.84. The molecule has 0 aliphatic carbocycles. The Bertz CT molecular complexity index is 598. The summed E-state index contributed by atoms with van der Waals surface area (Å²) >= 11 is 0. The van der Waals surface area contributed by atoms with Gasteiger partial charge >= 0.3 is 0 Å². The van der Waals surface area contributed by atoms with Crippen LogP contribution in [0.2, 0.25) is 0 Å². The summed E-state index contributed by atoms with van der Waals surface area (Å²) in [6, 6.07) is 10.5. The topological polar surface area (TPSA) is 56.1 Å². The molecule has 0 amide bonds. The van der Waals surface area contributed by atoms with E-state index in [0.29, 0.717) is 0 Å². The highest BCUT2D eigenvalue weighted by molar-refractivity contribution is 5.25. The molecule has 6 nitrogen and oxygen atoms in total. The minimum Gasteiger partial charge on any atom is -0.379 e. The molecule has 0 radical (unpaired) electrons. The molecule has 0 bridgehead atoms. The summed E-state index contributed by atoms with van der Waals surface area (Å²) in [7, 11) is 0. The Morgan fingerprint density at radius 1 is 1.09 bits per heavy atom. The molecule has 0 spiro atoms. The van der Waals surface area contributed by atoms with Crippen LogP contribution in [-0.2, 0) is 10.3 Å². The van der Waals surface area contributed by atoms with Crippen molar-refractivity contribution in [1.29, 1.82) is 0 Å². The third-order valence-corrected chi connectivity index (χ3v) is 3.90. The van der Waals surface area contributed by atoms with Crippen LogP contribution in [0.15, 0.2) is 30.3 Å². The lowest BCUT2D eigenvalue weighted by Gasteiger charge is -2.35.